The molecule has 6 atom stereocenters. The highest BCUT2D eigenvalue weighted by Gasteiger charge is 2.67. The van der Waals surface area contributed by atoms with Crippen LogP contribution in [0.5, 0.6) is 5.75 Å². The van der Waals surface area contributed by atoms with Gasteiger partial charge in [-0.3, -0.25) is 14.4 Å². The molecule has 0 aromatic heterocycles. The van der Waals surface area contributed by atoms with Crippen molar-refractivity contribution >= 4 is 34.9 Å². The molecule has 2 amide bonds. The maximum absolute atomic E-state index is 13.3. The molecular weight excluding hydrogens is 414 g/mol. The van der Waals surface area contributed by atoms with E-state index in [9.17, 15) is 14.4 Å². The summed E-state index contributed by atoms with van der Waals surface area (Å²) in [5.74, 6) is 1.12. The number of halogens is 1. The molecule has 156 valence electrons. The lowest BCUT2D eigenvalue weighted by Crippen LogP contribution is -2.40. The van der Waals surface area contributed by atoms with E-state index >= 15 is 0 Å². The number of hydrogen-bond donors (Lipinski definition) is 0. The summed E-state index contributed by atoms with van der Waals surface area (Å²) in [7, 11) is 0. The number of nitrogens with zero attached hydrogens (tertiary/aromatic N) is 1. The number of benzene rings is 2. The summed E-state index contributed by atoms with van der Waals surface area (Å²) < 4.78 is 5.68. The van der Waals surface area contributed by atoms with Gasteiger partial charge in [-0.1, -0.05) is 29.8 Å². The second kappa shape index (κ2) is 6.79. The molecule has 2 bridgehead atoms. The molecule has 2 aromatic rings. The lowest BCUT2D eigenvalue weighted by atomic mass is 9.63. The van der Waals surface area contributed by atoms with E-state index in [1.807, 2.05) is 0 Å². The molecule has 1 heterocycles. The Labute approximate surface area is 184 Å². The van der Waals surface area contributed by atoms with Crippen molar-refractivity contribution in [2.24, 2.45) is 35.5 Å². The highest BCUT2D eigenvalue weighted by Crippen LogP contribution is 2.65. The Morgan fingerprint density at radius 2 is 1.61 bits per heavy atom. The second-order valence-corrected chi connectivity index (χ2v) is 9.32. The Morgan fingerprint density at radius 3 is 2.26 bits per heavy atom. The average Bonchev–Trinajstić information content (AvgIpc) is 3.56. The van der Waals surface area contributed by atoms with E-state index in [1.165, 1.54) is 4.90 Å². The van der Waals surface area contributed by atoms with Crippen molar-refractivity contribution in [1.29, 1.82) is 0 Å². The van der Waals surface area contributed by atoms with Gasteiger partial charge in [-0.05, 0) is 66.5 Å². The van der Waals surface area contributed by atoms with Crippen molar-refractivity contribution in [3.63, 3.8) is 0 Å². The number of amides is 2. The lowest BCUT2D eigenvalue weighted by Gasteiger charge is -2.37. The topological polar surface area (TPSA) is 63.7 Å². The second-order valence-electron chi connectivity index (χ2n) is 8.88. The highest BCUT2D eigenvalue weighted by molar-refractivity contribution is 6.30. The van der Waals surface area contributed by atoms with Crippen molar-refractivity contribution in [3.05, 3.63) is 71.3 Å². The minimum atomic E-state index is -0.234. The van der Waals surface area contributed by atoms with Gasteiger partial charge in [0.05, 0.1) is 17.5 Å². The number of carbonyl (C=O) groups excluding carboxylic acids is 3. The molecule has 0 unspecified atom stereocenters. The first-order valence-electron chi connectivity index (χ1n) is 10.6. The van der Waals surface area contributed by atoms with Crippen LogP contribution in [0.2, 0.25) is 5.02 Å². The normalized spacial score (nSPS) is 32.1. The van der Waals surface area contributed by atoms with E-state index < -0.39 is 0 Å². The van der Waals surface area contributed by atoms with Crippen LogP contribution in [0.15, 0.2) is 60.7 Å². The number of allylic oxidation sites excluding steroid dienone is 2. The number of hydrogen-bond acceptors (Lipinski definition) is 4. The van der Waals surface area contributed by atoms with Crippen molar-refractivity contribution < 1.29 is 19.1 Å². The average molecular weight is 434 g/mol. The van der Waals surface area contributed by atoms with Crippen LogP contribution >= 0.6 is 11.6 Å². The van der Waals surface area contributed by atoms with Crippen LogP contribution < -0.4 is 9.64 Å². The third kappa shape index (κ3) is 2.87. The summed E-state index contributed by atoms with van der Waals surface area (Å²) in [5.41, 5.74) is 1.02. The smallest absolute Gasteiger partial charge is 0.238 e. The van der Waals surface area contributed by atoms with Gasteiger partial charge in [0.2, 0.25) is 11.8 Å². The molecule has 0 radical (unpaired) electrons. The zero-order valence-electron chi connectivity index (χ0n) is 16.6. The lowest BCUT2D eigenvalue weighted by molar-refractivity contribution is -0.124. The molecular formula is C25H20ClNO4. The van der Waals surface area contributed by atoms with Gasteiger partial charge < -0.3 is 4.74 Å². The number of ketones is 1. The molecule has 2 saturated carbocycles. The van der Waals surface area contributed by atoms with Crippen LogP contribution in [0.1, 0.15) is 16.8 Å². The summed E-state index contributed by atoms with van der Waals surface area (Å²) in [6.07, 6.45) is 5.47. The van der Waals surface area contributed by atoms with E-state index in [2.05, 4.69) is 12.2 Å². The molecule has 7 rings (SSSR count). The molecule has 5 nitrogen and oxygen atoms in total. The quantitative estimate of drug-likeness (QED) is 0.403. The zero-order valence-corrected chi connectivity index (χ0v) is 17.4. The summed E-state index contributed by atoms with van der Waals surface area (Å²) in [6.45, 7) is -0.143. The Morgan fingerprint density at radius 1 is 0.968 bits per heavy atom. The molecule has 5 aliphatic rings. The van der Waals surface area contributed by atoms with E-state index in [4.69, 9.17) is 16.3 Å². The van der Waals surface area contributed by atoms with E-state index in [-0.39, 0.29) is 47.9 Å². The van der Waals surface area contributed by atoms with Gasteiger partial charge in [0.1, 0.15) is 5.75 Å². The minimum absolute atomic E-state index is 0.103. The van der Waals surface area contributed by atoms with Crippen LogP contribution in [-0.2, 0) is 9.59 Å². The Bertz CT molecular complexity index is 1100. The Hall–Kier alpha value is -2.92. The summed E-state index contributed by atoms with van der Waals surface area (Å²) in [5, 5.41) is 0.562. The predicted molar refractivity (Wildman–Crippen MR) is 115 cm³/mol. The van der Waals surface area contributed by atoms with Gasteiger partial charge in [-0.15, -0.1) is 0 Å². The standard InChI is InChI=1S/C25H20ClNO4/c26-14-6-4-13(5-7-14)21(28)12-31-16-3-1-2-15(10-16)27-24(29)22-17-8-9-18(20-11-19(17)20)23(22)25(27)30/h1-10,17-20,22-23H,11-12H2/t17-,18-,19-,20-,22-,23+/m1/s1. The first kappa shape index (κ1) is 18.8. The third-order valence-electron chi connectivity index (χ3n) is 7.27. The number of rotatable bonds is 5. The van der Waals surface area contributed by atoms with Gasteiger partial charge in [0.25, 0.3) is 0 Å². The summed E-state index contributed by atoms with van der Waals surface area (Å²) >= 11 is 5.86. The molecule has 3 fully saturated rings. The van der Waals surface area contributed by atoms with Crippen LogP contribution in [0.25, 0.3) is 0 Å². The maximum atomic E-state index is 13.3. The maximum Gasteiger partial charge on any atom is 0.238 e. The molecule has 1 saturated heterocycles. The largest absolute Gasteiger partial charge is 0.485 e. The van der Waals surface area contributed by atoms with Gasteiger partial charge in [-0.2, -0.15) is 0 Å². The molecule has 4 aliphatic carbocycles. The number of ether oxygens (including phenoxy) is 1. The molecule has 6 heteroatoms. The van der Waals surface area contributed by atoms with Crippen molar-refractivity contribution in [2.45, 2.75) is 6.42 Å². The molecule has 31 heavy (non-hydrogen) atoms. The van der Waals surface area contributed by atoms with E-state index in [1.54, 1.807) is 48.5 Å². The van der Waals surface area contributed by atoms with Crippen LogP contribution in [-0.4, -0.2) is 24.2 Å². The van der Waals surface area contributed by atoms with Crippen molar-refractivity contribution in [2.75, 3.05) is 11.5 Å². The fourth-order valence-corrected chi connectivity index (χ4v) is 5.92. The van der Waals surface area contributed by atoms with Crippen LogP contribution in [0.4, 0.5) is 5.69 Å². The summed E-state index contributed by atoms with van der Waals surface area (Å²) in [6, 6.07) is 13.5. The number of anilines is 1. The molecule has 2 aromatic carbocycles. The fraction of sp³-hybridized carbons (Fsp3) is 0.320. The Balaban J connectivity index is 1.20. The minimum Gasteiger partial charge on any atom is -0.485 e. The third-order valence-corrected chi connectivity index (χ3v) is 7.53. The SMILES string of the molecule is O=C(COc1cccc(N2C(=O)[C@@H]3[C@@H]4C=C[C@H]([C@H]5C[C@H]45)[C@@H]3C2=O)c1)c1ccc(Cl)cc1. The van der Waals surface area contributed by atoms with E-state index in [0.29, 0.717) is 33.9 Å². The molecule has 0 spiro atoms. The van der Waals surface area contributed by atoms with Gasteiger partial charge >= 0.3 is 0 Å². The van der Waals surface area contributed by atoms with Gasteiger partial charge in [0.15, 0.2) is 12.4 Å². The van der Waals surface area contributed by atoms with Crippen molar-refractivity contribution in [3.8, 4) is 5.75 Å². The number of imide groups is 1. The highest BCUT2D eigenvalue weighted by atomic mass is 35.5. The first-order valence-corrected chi connectivity index (χ1v) is 11.0. The first-order chi connectivity index (χ1) is 15.0. The van der Waals surface area contributed by atoms with Gasteiger partial charge in [0, 0.05) is 16.7 Å². The van der Waals surface area contributed by atoms with Gasteiger partial charge in [-0.25, -0.2) is 4.90 Å². The van der Waals surface area contributed by atoms with Crippen LogP contribution in [0.3, 0.4) is 0 Å². The van der Waals surface area contributed by atoms with Crippen molar-refractivity contribution in [1.82, 2.24) is 0 Å². The number of carbonyl (C=O) groups is 3. The Kier molecular flexibility index (Phi) is 4.12. The fourth-order valence-electron chi connectivity index (χ4n) is 5.79. The predicted octanol–water partition coefficient (Wildman–Crippen LogP) is 4.16. The summed E-state index contributed by atoms with van der Waals surface area (Å²) in [4.78, 5) is 40.2. The van der Waals surface area contributed by atoms with Crippen LogP contribution in [0, 0.1) is 35.5 Å². The monoisotopic (exact) mass is 433 g/mol. The molecule has 1 aliphatic heterocycles. The molecule has 0 N–H and O–H groups in total. The zero-order chi connectivity index (χ0) is 21.3. The number of Topliss-reactive ketones (excluding diaryl/α,β-unsaturated/α-hetero) is 1. The van der Waals surface area contributed by atoms with E-state index in [0.717, 1.165) is 6.42 Å².